The number of carbonyl (C=O) groups excluding carboxylic acids is 1. The van der Waals surface area contributed by atoms with E-state index in [2.05, 4.69) is 116 Å². The molecule has 0 aliphatic carbocycles. The zero-order chi connectivity index (χ0) is 74.6. The molecule has 594 valence electrons. The molecule has 3 aliphatic heterocycles. The number of unbranched alkanes of at least 4 members (excludes halogenated alkanes) is 31. The van der Waals surface area contributed by atoms with Crippen LogP contribution >= 0.6 is 0 Å². The molecule has 3 heterocycles. The lowest BCUT2D eigenvalue weighted by molar-refractivity contribution is -0.379. The van der Waals surface area contributed by atoms with E-state index in [-0.39, 0.29) is 18.9 Å². The second-order valence-electron chi connectivity index (χ2n) is 28.5. The van der Waals surface area contributed by atoms with E-state index in [0.29, 0.717) is 12.8 Å². The molecule has 3 saturated heterocycles. The number of nitrogens with one attached hydrogen (secondary N) is 1. The molecule has 0 spiro atoms. The quantitative estimate of drug-likeness (QED) is 0.0199. The molecule has 3 rings (SSSR count). The predicted molar refractivity (Wildman–Crippen MR) is 410 cm³/mol. The Morgan fingerprint density at radius 1 is 0.359 bits per heavy atom. The average molecular weight is 1460 g/mol. The fraction of sp³-hybridized carbons (Fsp3) is 0.774. The van der Waals surface area contributed by atoms with Gasteiger partial charge in [-0.1, -0.05) is 290 Å². The SMILES string of the molecule is CC/C=C\C/C=C\C/C=C\C/C=C\C/C=C\C/C=C\CCCCCCCCCCCCCCCCCCC(=O)NC(COC1OC(CO)C(OC2OC(CO)C(OC3OC(CO)C(O)C(O)C3O)C(O)C2O)C(O)C1O)C(O)/C=C/CC/C=C/CC/C=C/CCCCCCCCCCCCCCC. The standard InChI is InChI=1S/C84H145NO18/c1-3-5-7-9-11-13-15-17-19-21-23-25-27-28-29-30-31-32-33-34-35-36-37-38-40-42-44-46-48-50-52-54-56-58-60-62-72(90)85-67(68(89)61-59-57-55-53-51-49-47-45-43-41-39-26-24-22-20-18-16-14-12-10-8-6-4-2)66-98-82-78(96)75(93)80(70(64-87)100-82)103-84-79(97)76(94)81(71(65-88)101-84)102-83-77(95)74(92)73(91)69(63-86)99-83/h5,7,11,13,17,19,23,25,28-29,31-32,43,45,51,53,59,61,67-71,73-84,86-89,91-97H,3-4,6,8-10,12,14-16,18,20-22,24,26-27,30,33-42,44,46-50,52,54-58,60,62-66H2,1-2H3,(H,85,90)/b7-5-,13-11-,19-17-,25-23-,29-28-,32-31-,45-43+,53-51+,61-59+. The molecule has 0 saturated carbocycles. The maximum atomic E-state index is 13.5. The Hall–Kier alpha value is -3.55. The van der Waals surface area contributed by atoms with Gasteiger partial charge in [0.15, 0.2) is 18.9 Å². The zero-order valence-electron chi connectivity index (χ0n) is 63.5. The summed E-state index contributed by atoms with van der Waals surface area (Å²) in [6.07, 6.45) is 60.7. The minimum atomic E-state index is -1.99. The molecular formula is C84H145NO18. The highest BCUT2D eigenvalue weighted by molar-refractivity contribution is 5.76. The lowest BCUT2D eigenvalue weighted by Gasteiger charge is -2.48. The van der Waals surface area contributed by atoms with Crippen molar-refractivity contribution in [3.63, 3.8) is 0 Å². The highest BCUT2D eigenvalue weighted by Crippen LogP contribution is 2.33. The third-order valence-corrected chi connectivity index (χ3v) is 19.5. The van der Waals surface area contributed by atoms with Crippen LogP contribution in [0.3, 0.4) is 0 Å². The molecule has 3 aliphatic rings. The number of aliphatic hydroxyl groups excluding tert-OH is 11. The topological polar surface area (TPSA) is 307 Å². The Bertz CT molecular complexity index is 2290. The summed E-state index contributed by atoms with van der Waals surface area (Å²) in [5.41, 5.74) is 0. The van der Waals surface area contributed by atoms with E-state index in [0.717, 1.165) is 83.5 Å². The minimum absolute atomic E-state index is 0.227. The van der Waals surface area contributed by atoms with Gasteiger partial charge in [0.05, 0.1) is 38.6 Å². The normalized spacial score (nSPS) is 26.6. The molecular weight excluding hydrogens is 1310 g/mol. The van der Waals surface area contributed by atoms with Gasteiger partial charge in [0.1, 0.15) is 73.2 Å². The molecule has 0 radical (unpaired) electrons. The summed E-state index contributed by atoms with van der Waals surface area (Å²) in [5, 5.41) is 121. The van der Waals surface area contributed by atoms with Gasteiger partial charge in [0, 0.05) is 6.42 Å². The maximum Gasteiger partial charge on any atom is 0.220 e. The second-order valence-corrected chi connectivity index (χ2v) is 28.5. The van der Waals surface area contributed by atoms with Gasteiger partial charge in [-0.3, -0.25) is 4.79 Å². The van der Waals surface area contributed by atoms with Gasteiger partial charge in [-0.2, -0.15) is 0 Å². The first-order valence-corrected chi connectivity index (χ1v) is 40.6. The first kappa shape index (κ1) is 93.7. The van der Waals surface area contributed by atoms with Crippen molar-refractivity contribution in [1.82, 2.24) is 5.32 Å². The summed E-state index contributed by atoms with van der Waals surface area (Å²) >= 11 is 0. The van der Waals surface area contributed by atoms with Crippen LogP contribution in [0.25, 0.3) is 0 Å². The van der Waals surface area contributed by atoms with E-state index in [1.54, 1.807) is 6.08 Å². The van der Waals surface area contributed by atoms with Crippen molar-refractivity contribution in [2.24, 2.45) is 0 Å². The number of ether oxygens (including phenoxy) is 6. The molecule has 17 atom stereocenters. The van der Waals surface area contributed by atoms with E-state index < -0.39 is 124 Å². The molecule has 19 heteroatoms. The van der Waals surface area contributed by atoms with Gasteiger partial charge in [0.2, 0.25) is 5.91 Å². The Morgan fingerprint density at radius 2 is 0.680 bits per heavy atom. The highest BCUT2D eigenvalue weighted by Gasteiger charge is 2.54. The molecule has 0 aromatic heterocycles. The van der Waals surface area contributed by atoms with E-state index in [4.69, 9.17) is 28.4 Å². The van der Waals surface area contributed by atoms with Crippen molar-refractivity contribution in [3.8, 4) is 0 Å². The number of aliphatic hydroxyl groups is 11. The molecule has 103 heavy (non-hydrogen) atoms. The molecule has 19 nitrogen and oxygen atoms in total. The summed E-state index contributed by atoms with van der Waals surface area (Å²) in [4.78, 5) is 13.5. The number of carbonyl (C=O) groups is 1. The number of hydrogen-bond acceptors (Lipinski definition) is 18. The van der Waals surface area contributed by atoms with Crippen LogP contribution in [0.5, 0.6) is 0 Å². The van der Waals surface area contributed by atoms with Gasteiger partial charge in [-0.25, -0.2) is 0 Å². The van der Waals surface area contributed by atoms with Crippen LogP contribution in [0, 0.1) is 0 Å². The molecule has 0 bridgehead atoms. The summed E-state index contributed by atoms with van der Waals surface area (Å²) in [6, 6.07) is -1.00. The Kier molecular flexibility index (Phi) is 57.6. The van der Waals surface area contributed by atoms with Crippen molar-refractivity contribution in [2.75, 3.05) is 26.4 Å². The van der Waals surface area contributed by atoms with Crippen LogP contribution < -0.4 is 5.32 Å². The number of allylic oxidation sites excluding steroid dienone is 17. The molecule has 1 amide bonds. The number of rotatable bonds is 63. The third-order valence-electron chi connectivity index (χ3n) is 19.5. The van der Waals surface area contributed by atoms with Gasteiger partial charge >= 0.3 is 0 Å². The Labute approximate surface area is 621 Å². The van der Waals surface area contributed by atoms with E-state index in [1.165, 1.54) is 167 Å². The predicted octanol–water partition coefficient (Wildman–Crippen LogP) is 13.7. The molecule has 0 aromatic rings. The Balaban J connectivity index is 1.37. The first-order valence-electron chi connectivity index (χ1n) is 40.6. The molecule has 0 aromatic carbocycles. The van der Waals surface area contributed by atoms with Crippen LogP contribution in [-0.4, -0.2) is 193 Å². The van der Waals surface area contributed by atoms with E-state index in [9.17, 15) is 61.0 Å². The molecule has 3 fully saturated rings. The first-order chi connectivity index (χ1) is 50.3. The van der Waals surface area contributed by atoms with Crippen LogP contribution in [0.15, 0.2) is 109 Å². The van der Waals surface area contributed by atoms with Crippen molar-refractivity contribution in [2.45, 2.75) is 388 Å². The number of hydrogen-bond donors (Lipinski definition) is 12. The van der Waals surface area contributed by atoms with Gasteiger partial charge in [-0.05, 0) is 96.3 Å². The van der Waals surface area contributed by atoms with Crippen LogP contribution in [0.1, 0.15) is 284 Å². The minimum Gasteiger partial charge on any atom is -0.394 e. The number of amides is 1. The summed E-state index contributed by atoms with van der Waals surface area (Å²) in [7, 11) is 0. The third kappa shape index (κ3) is 43.3. The summed E-state index contributed by atoms with van der Waals surface area (Å²) in [6.45, 7) is 1.61. The average Bonchev–Trinajstić information content (AvgIpc) is 0.781. The van der Waals surface area contributed by atoms with Crippen molar-refractivity contribution < 1.29 is 89.4 Å². The second kappa shape index (κ2) is 63.4. The summed E-state index contributed by atoms with van der Waals surface area (Å²) in [5.74, 6) is -0.290. The van der Waals surface area contributed by atoms with Crippen molar-refractivity contribution >= 4 is 5.91 Å². The smallest absolute Gasteiger partial charge is 0.220 e. The summed E-state index contributed by atoms with van der Waals surface area (Å²) < 4.78 is 34.4. The molecule has 12 N–H and O–H groups in total. The van der Waals surface area contributed by atoms with Gasteiger partial charge < -0.3 is 89.9 Å². The molecule has 17 unspecified atom stereocenters. The van der Waals surface area contributed by atoms with Gasteiger partial charge in [0.25, 0.3) is 0 Å². The lowest BCUT2D eigenvalue weighted by Crippen LogP contribution is -2.66. The largest absolute Gasteiger partial charge is 0.394 e. The van der Waals surface area contributed by atoms with E-state index in [1.807, 2.05) is 6.08 Å². The Morgan fingerprint density at radius 3 is 1.09 bits per heavy atom. The van der Waals surface area contributed by atoms with Gasteiger partial charge in [-0.15, -0.1) is 0 Å². The maximum absolute atomic E-state index is 13.5. The van der Waals surface area contributed by atoms with Crippen LogP contribution in [-0.2, 0) is 33.2 Å². The zero-order valence-corrected chi connectivity index (χ0v) is 63.5. The van der Waals surface area contributed by atoms with Crippen LogP contribution in [0.4, 0.5) is 0 Å². The monoisotopic (exact) mass is 1460 g/mol. The fourth-order valence-corrected chi connectivity index (χ4v) is 13.1. The fourth-order valence-electron chi connectivity index (χ4n) is 13.1. The van der Waals surface area contributed by atoms with Crippen LogP contribution in [0.2, 0.25) is 0 Å². The van der Waals surface area contributed by atoms with Crippen molar-refractivity contribution in [3.05, 3.63) is 109 Å². The lowest BCUT2D eigenvalue weighted by atomic mass is 9.96. The highest BCUT2D eigenvalue weighted by atomic mass is 16.8. The van der Waals surface area contributed by atoms with Crippen molar-refractivity contribution in [1.29, 1.82) is 0 Å². The van der Waals surface area contributed by atoms with E-state index >= 15 is 0 Å².